The van der Waals surface area contributed by atoms with Crippen LogP contribution in [0.1, 0.15) is 26.0 Å². The fourth-order valence-electron chi connectivity index (χ4n) is 2.39. The minimum Gasteiger partial charge on any atom is -0.356 e. The largest absolute Gasteiger partial charge is 0.356 e. The van der Waals surface area contributed by atoms with Crippen LogP contribution in [0.2, 0.25) is 0 Å². The molecule has 0 aromatic carbocycles. The average Bonchev–Trinajstić information content (AvgIpc) is 2.99. The summed E-state index contributed by atoms with van der Waals surface area (Å²) in [5, 5.41) is 11.4. The van der Waals surface area contributed by atoms with Gasteiger partial charge in [-0.25, -0.2) is 4.98 Å². The van der Waals surface area contributed by atoms with Crippen molar-refractivity contribution in [3.8, 4) is 0 Å². The van der Waals surface area contributed by atoms with Gasteiger partial charge < -0.3 is 20.9 Å². The topological polar surface area (TPSA) is 86.4 Å². The Morgan fingerprint density at radius 2 is 2.12 bits per heavy atom. The molecule has 24 heavy (non-hydrogen) atoms. The van der Waals surface area contributed by atoms with E-state index in [9.17, 15) is 9.59 Å². The van der Waals surface area contributed by atoms with Crippen molar-refractivity contribution in [2.24, 2.45) is 5.92 Å². The molecule has 1 aliphatic rings. The molecule has 1 aliphatic heterocycles. The molecule has 0 aliphatic carbocycles. The lowest BCUT2D eigenvalue weighted by molar-refractivity contribution is -0.120. The van der Waals surface area contributed by atoms with Crippen LogP contribution in [-0.4, -0.2) is 61.0 Å². The maximum absolute atomic E-state index is 11.9. The molecule has 1 fully saturated rings. The summed E-state index contributed by atoms with van der Waals surface area (Å²) in [6, 6.07) is 0. The van der Waals surface area contributed by atoms with Crippen molar-refractivity contribution in [3.05, 3.63) is 11.1 Å². The van der Waals surface area contributed by atoms with Crippen LogP contribution in [0.5, 0.6) is 0 Å². The third-order valence-corrected chi connectivity index (χ3v) is 4.64. The number of hydrogen-bond donors (Lipinski definition) is 3. The van der Waals surface area contributed by atoms with Gasteiger partial charge in [-0.15, -0.1) is 11.3 Å². The molecule has 0 saturated carbocycles. The first-order chi connectivity index (χ1) is 11.5. The van der Waals surface area contributed by atoms with E-state index in [0.717, 1.165) is 39.1 Å². The second kappa shape index (κ2) is 9.71. The number of anilines is 1. The van der Waals surface area contributed by atoms with Crippen molar-refractivity contribution in [2.45, 2.75) is 26.7 Å². The van der Waals surface area contributed by atoms with E-state index in [-0.39, 0.29) is 24.2 Å². The second-order valence-electron chi connectivity index (χ2n) is 6.26. The number of amides is 2. The fourth-order valence-corrected chi connectivity index (χ4v) is 3.10. The van der Waals surface area contributed by atoms with Crippen LogP contribution < -0.4 is 16.0 Å². The molecule has 7 nitrogen and oxygen atoms in total. The van der Waals surface area contributed by atoms with E-state index >= 15 is 0 Å². The average molecular weight is 353 g/mol. The molecule has 134 valence electrons. The number of piperazine rings is 1. The smallest absolute Gasteiger partial charge is 0.228 e. The Hall–Kier alpha value is -1.51. The molecule has 0 atom stereocenters. The monoisotopic (exact) mass is 353 g/mol. The van der Waals surface area contributed by atoms with E-state index in [1.165, 1.54) is 11.3 Å². The number of hydrogen-bond acceptors (Lipinski definition) is 6. The minimum atomic E-state index is -0.0867. The van der Waals surface area contributed by atoms with Crippen molar-refractivity contribution in [1.29, 1.82) is 0 Å². The highest BCUT2D eigenvalue weighted by Crippen LogP contribution is 2.16. The summed E-state index contributed by atoms with van der Waals surface area (Å²) in [5.41, 5.74) is 0.693. The number of nitrogens with one attached hydrogen (secondary N) is 3. The Bertz CT molecular complexity index is 540. The van der Waals surface area contributed by atoms with E-state index in [4.69, 9.17) is 0 Å². The first-order valence-corrected chi connectivity index (χ1v) is 9.37. The maximum Gasteiger partial charge on any atom is 0.228 e. The van der Waals surface area contributed by atoms with Crippen molar-refractivity contribution in [3.63, 3.8) is 0 Å². The van der Waals surface area contributed by atoms with E-state index in [1.807, 2.05) is 19.2 Å². The fraction of sp³-hybridized carbons (Fsp3) is 0.688. The Kier molecular flexibility index (Phi) is 7.61. The van der Waals surface area contributed by atoms with Gasteiger partial charge in [0.05, 0.1) is 12.1 Å². The first kappa shape index (κ1) is 18.8. The highest BCUT2D eigenvalue weighted by molar-refractivity contribution is 7.13. The van der Waals surface area contributed by atoms with Crippen molar-refractivity contribution in [1.82, 2.24) is 20.5 Å². The van der Waals surface area contributed by atoms with Gasteiger partial charge in [0.25, 0.3) is 0 Å². The summed E-state index contributed by atoms with van der Waals surface area (Å²) in [6.07, 6.45) is 1.21. The zero-order chi connectivity index (χ0) is 17.4. The lowest BCUT2D eigenvalue weighted by Gasteiger charge is -2.27. The molecule has 1 aromatic rings. The third kappa shape index (κ3) is 6.54. The minimum absolute atomic E-state index is 0.0256. The van der Waals surface area contributed by atoms with Crippen molar-refractivity contribution in [2.75, 3.05) is 44.6 Å². The summed E-state index contributed by atoms with van der Waals surface area (Å²) in [5.74, 6) is -0.174. The SMILES string of the molecule is CC(C)C(=O)Nc1nc(CC(=O)NCCCN2CCNCC2)cs1. The summed E-state index contributed by atoms with van der Waals surface area (Å²) >= 11 is 1.35. The van der Waals surface area contributed by atoms with Crippen LogP contribution in [-0.2, 0) is 16.0 Å². The van der Waals surface area contributed by atoms with Crippen LogP contribution in [0, 0.1) is 5.92 Å². The molecule has 8 heteroatoms. The van der Waals surface area contributed by atoms with Gasteiger partial charge in [0.1, 0.15) is 0 Å². The molecule has 3 N–H and O–H groups in total. The number of carbonyl (C=O) groups is 2. The van der Waals surface area contributed by atoms with E-state index in [1.54, 1.807) is 0 Å². The van der Waals surface area contributed by atoms with Crippen molar-refractivity contribution < 1.29 is 9.59 Å². The van der Waals surface area contributed by atoms with Crippen LogP contribution in [0.3, 0.4) is 0 Å². The van der Waals surface area contributed by atoms with Crippen molar-refractivity contribution >= 4 is 28.3 Å². The Labute approximate surface area is 147 Å². The van der Waals surface area contributed by atoms with E-state index in [2.05, 4.69) is 25.8 Å². The quantitative estimate of drug-likeness (QED) is 0.599. The molecule has 0 bridgehead atoms. The molecular weight excluding hydrogens is 326 g/mol. The number of carbonyl (C=O) groups excluding carboxylic acids is 2. The standard InChI is InChI=1S/C16H27N5O2S/c1-12(2)15(23)20-16-19-13(11-24-16)10-14(22)18-4-3-7-21-8-5-17-6-9-21/h11-12,17H,3-10H2,1-2H3,(H,18,22)(H,19,20,23). The predicted octanol–water partition coefficient (Wildman–Crippen LogP) is 0.692. The number of nitrogens with zero attached hydrogens (tertiary/aromatic N) is 2. The summed E-state index contributed by atoms with van der Waals surface area (Å²) in [7, 11) is 0. The summed E-state index contributed by atoms with van der Waals surface area (Å²) in [6.45, 7) is 9.62. The zero-order valence-electron chi connectivity index (χ0n) is 14.4. The molecule has 1 saturated heterocycles. The van der Waals surface area contributed by atoms with Crippen LogP contribution in [0.25, 0.3) is 0 Å². The van der Waals surface area contributed by atoms with Crippen LogP contribution in [0.15, 0.2) is 5.38 Å². The number of aromatic nitrogens is 1. The Balaban J connectivity index is 1.63. The summed E-state index contributed by atoms with van der Waals surface area (Å²) < 4.78 is 0. The molecule has 0 spiro atoms. The highest BCUT2D eigenvalue weighted by Gasteiger charge is 2.12. The molecule has 0 radical (unpaired) electrons. The lowest BCUT2D eigenvalue weighted by Crippen LogP contribution is -2.44. The van der Waals surface area contributed by atoms with Crippen LogP contribution in [0.4, 0.5) is 5.13 Å². The van der Waals surface area contributed by atoms with Gasteiger partial charge in [-0.2, -0.15) is 0 Å². The van der Waals surface area contributed by atoms with Gasteiger partial charge in [-0.1, -0.05) is 13.8 Å². The van der Waals surface area contributed by atoms with E-state index in [0.29, 0.717) is 17.4 Å². The van der Waals surface area contributed by atoms with Crippen LogP contribution >= 0.6 is 11.3 Å². The predicted molar refractivity (Wildman–Crippen MR) is 96.2 cm³/mol. The molecule has 2 rings (SSSR count). The van der Waals surface area contributed by atoms with Gasteiger partial charge in [-0.3, -0.25) is 9.59 Å². The molecule has 0 unspecified atom stereocenters. The van der Waals surface area contributed by atoms with E-state index < -0.39 is 0 Å². The Morgan fingerprint density at radius 3 is 2.83 bits per heavy atom. The van der Waals surface area contributed by atoms with Gasteiger partial charge >= 0.3 is 0 Å². The van der Waals surface area contributed by atoms with Gasteiger partial charge in [0, 0.05) is 44.0 Å². The second-order valence-corrected chi connectivity index (χ2v) is 7.12. The normalized spacial score (nSPS) is 15.5. The molecule has 2 amide bonds. The lowest BCUT2D eigenvalue weighted by atomic mass is 10.2. The molecular formula is C16H27N5O2S. The number of rotatable bonds is 8. The number of thiazole rings is 1. The summed E-state index contributed by atoms with van der Waals surface area (Å²) in [4.78, 5) is 30.3. The Morgan fingerprint density at radius 1 is 1.38 bits per heavy atom. The van der Waals surface area contributed by atoms with Gasteiger partial charge in [0.2, 0.25) is 11.8 Å². The third-order valence-electron chi connectivity index (χ3n) is 3.83. The molecule has 1 aromatic heterocycles. The van der Waals surface area contributed by atoms with Gasteiger partial charge in [0.15, 0.2) is 5.13 Å². The maximum atomic E-state index is 11.9. The first-order valence-electron chi connectivity index (χ1n) is 8.49. The molecule has 2 heterocycles. The zero-order valence-corrected chi connectivity index (χ0v) is 15.2. The van der Waals surface area contributed by atoms with Gasteiger partial charge in [-0.05, 0) is 13.0 Å². The highest BCUT2D eigenvalue weighted by atomic mass is 32.1.